The standard InChI is InChI=1S/C9H18F3NS/c1-7(2)8(3)6-13-4-5-14-9(10,11)12/h7-8,13H,4-6H2,1-3H3. The average molecular weight is 229 g/mol. The average Bonchev–Trinajstić information content (AvgIpc) is 2.01. The molecule has 0 saturated heterocycles. The van der Waals surface area contributed by atoms with E-state index in [1.807, 2.05) is 0 Å². The molecule has 0 aliphatic rings. The Labute approximate surface area is 87.8 Å². The summed E-state index contributed by atoms with van der Waals surface area (Å²) < 4.78 is 35.1. The zero-order valence-corrected chi connectivity index (χ0v) is 9.63. The molecule has 0 aliphatic carbocycles. The molecule has 14 heavy (non-hydrogen) atoms. The molecule has 0 spiro atoms. The quantitative estimate of drug-likeness (QED) is 0.702. The molecule has 0 amide bonds. The van der Waals surface area contributed by atoms with E-state index in [0.29, 0.717) is 18.4 Å². The van der Waals surface area contributed by atoms with Crippen molar-refractivity contribution in [2.45, 2.75) is 26.3 Å². The van der Waals surface area contributed by atoms with Gasteiger partial charge in [0, 0.05) is 12.3 Å². The molecule has 0 aromatic heterocycles. The zero-order valence-electron chi connectivity index (χ0n) is 8.82. The van der Waals surface area contributed by atoms with E-state index < -0.39 is 5.51 Å². The lowest BCUT2D eigenvalue weighted by atomic mass is 9.98. The van der Waals surface area contributed by atoms with Crippen molar-refractivity contribution in [2.24, 2.45) is 11.8 Å². The van der Waals surface area contributed by atoms with Crippen LogP contribution in [0.2, 0.25) is 0 Å². The summed E-state index contributed by atoms with van der Waals surface area (Å²) in [5.74, 6) is 1.16. The fourth-order valence-corrected chi connectivity index (χ4v) is 1.28. The number of hydrogen-bond donors (Lipinski definition) is 1. The van der Waals surface area contributed by atoms with Gasteiger partial charge in [0.15, 0.2) is 0 Å². The summed E-state index contributed by atoms with van der Waals surface area (Å²) in [5.41, 5.74) is -4.09. The van der Waals surface area contributed by atoms with Crippen LogP contribution in [0.3, 0.4) is 0 Å². The van der Waals surface area contributed by atoms with Gasteiger partial charge in [-0.1, -0.05) is 20.8 Å². The highest BCUT2D eigenvalue weighted by atomic mass is 32.2. The first kappa shape index (κ1) is 14.1. The molecule has 0 saturated carbocycles. The second kappa shape index (κ2) is 6.56. The van der Waals surface area contributed by atoms with E-state index in [-0.39, 0.29) is 17.5 Å². The van der Waals surface area contributed by atoms with E-state index in [1.54, 1.807) is 0 Å². The van der Waals surface area contributed by atoms with Crippen LogP contribution in [0.25, 0.3) is 0 Å². The Balaban J connectivity index is 3.30. The van der Waals surface area contributed by atoms with Gasteiger partial charge in [-0.05, 0) is 30.1 Å². The van der Waals surface area contributed by atoms with Crippen LogP contribution in [0.4, 0.5) is 13.2 Å². The van der Waals surface area contributed by atoms with Crippen molar-refractivity contribution in [3.05, 3.63) is 0 Å². The summed E-state index contributed by atoms with van der Waals surface area (Å²) in [6.07, 6.45) is 0. The van der Waals surface area contributed by atoms with Gasteiger partial charge < -0.3 is 5.32 Å². The van der Waals surface area contributed by atoms with Crippen LogP contribution < -0.4 is 5.32 Å². The van der Waals surface area contributed by atoms with Gasteiger partial charge in [0.1, 0.15) is 0 Å². The van der Waals surface area contributed by atoms with E-state index in [9.17, 15) is 13.2 Å². The second-order valence-electron chi connectivity index (χ2n) is 3.72. The molecule has 0 aromatic carbocycles. The van der Waals surface area contributed by atoms with Crippen molar-refractivity contribution in [1.29, 1.82) is 0 Å². The molecule has 0 aliphatic heterocycles. The Hall–Kier alpha value is 0.100. The molecule has 1 nitrogen and oxygen atoms in total. The van der Waals surface area contributed by atoms with E-state index in [0.717, 1.165) is 6.54 Å². The number of rotatable bonds is 6. The normalized spacial score (nSPS) is 14.8. The van der Waals surface area contributed by atoms with E-state index in [4.69, 9.17) is 0 Å². The maximum absolute atomic E-state index is 11.7. The van der Waals surface area contributed by atoms with Gasteiger partial charge in [0.2, 0.25) is 0 Å². The largest absolute Gasteiger partial charge is 0.441 e. The Bertz CT molecular complexity index is 147. The van der Waals surface area contributed by atoms with Gasteiger partial charge in [-0.25, -0.2) is 0 Å². The SMILES string of the molecule is CC(C)C(C)CNCCSC(F)(F)F. The van der Waals surface area contributed by atoms with Crippen molar-refractivity contribution < 1.29 is 13.2 Å². The zero-order chi connectivity index (χ0) is 11.2. The monoisotopic (exact) mass is 229 g/mol. The minimum Gasteiger partial charge on any atom is -0.316 e. The Kier molecular flexibility index (Phi) is 6.61. The summed E-state index contributed by atoms with van der Waals surface area (Å²) in [7, 11) is 0. The summed E-state index contributed by atoms with van der Waals surface area (Å²) in [6.45, 7) is 7.51. The van der Waals surface area contributed by atoms with Crippen molar-refractivity contribution in [2.75, 3.05) is 18.8 Å². The molecule has 0 heterocycles. The first-order valence-electron chi connectivity index (χ1n) is 4.74. The maximum atomic E-state index is 11.7. The molecule has 0 fully saturated rings. The van der Waals surface area contributed by atoms with Crippen LogP contribution >= 0.6 is 11.8 Å². The highest BCUT2D eigenvalue weighted by Gasteiger charge is 2.27. The molecule has 1 unspecified atom stereocenters. The topological polar surface area (TPSA) is 12.0 Å². The summed E-state index contributed by atoms with van der Waals surface area (Å²) in [4.78, 5) is 0. The molecule has 0 rings (SSSR count). The van der Waals surface area contributed by atoms with Gasteiger partial charge in [0.25, 0.3) is 0 Å². The summed E-state index contributed by atoms with van der Waals surface area (Å²) >= 11 is 0.0311. The molecule has 5 heteroatoms. The van der Waals surface area contributed by atoms with Crippen molar-refractivity contribution >= 4 is 11.8 Å². The van der Waals surface area contributed by atoms with Crippen LogP contribution in [0.15, 0.2) is 0 Å². The molecular formula is C9H18F3NS. The van der Waals surface area contributed by atoms with Gasteiger partial charge >= 0.3 is 5.51 Å². The Morgan fingerprint density at radius 3 is 2.21 bits per heavy atom. The first-order valence-corrected chi connectivity index (χ1v) is 5.73. The van der Waals surface area contributed by atoms with Gasteiger partial charge in [-0.3, -0.25) is 0 Å². The fourth-order valence-electron chi connectivity index (χ4n) is 0.804. The van der Waals surface area contributed by atoms with E-state index >= 15 is 0 Å². The molecule has 86 valence electrons. The third kappa shape index (κ3) is 8.69. The molecule has 0 radical (unpaired) electrons. The predicted molar refractivity (Wildman–Crippen MR) is 55.4 cm³/mol. The van der Waals surface area contributed by atoms with E-state index in [1.165, 1.54) is 0 Å². The molecule has 1 atom stereocenters. The lowest BCUT2D eigenvalue weighted by molar-refractivity contribution is -0.0327. The molecule has 0 aromatic rings. The predicted octanol–water partition coefficient (Wildman–Crippen LogP) is 3.12. The summed E-state index contributed by atoms with van der Waals surface area (Å²) in [5, 5.41) is 3.02. The first-order chi connectivity index (χ1) is 6.33. The van der Waals surface area contributed by atoms with E-state index in [2.05, 4.69) is 26.1 Å². The van der Waals surface area contributed by atoms with Crippen molar-refractivity contribution in [1.82, 2.24) is 5.32 Å². The number of nitrogens with one attached hydrogen (secondary N) is 1. The van der Waals surface area contributed by atoms with Crippen LogP contribution in [-0.2, 0) is 0 Å². The van der Waals surface area contributed by atoms with Crippen LogP contribution in [-0.4, -0.2) is 24.4 Å². The third-order valence-corrected chi connectivity index (χ3v) is 2.88. The third-order valence-electron chi connectivity index (χ3n) is 2.15. The van der Waals surface area contributed by atoms with Crippen molar-refractivity contribution in [3.8, 4) is 0 Å². The highest BCUT2D eigenvalue weighted by Crippen LogP contribution is 2.29. The summed E-state index contributed by atoms with van der Waals surface area (Å²) in [6, 6.07) is 0. The smallest absolute Gasteiger partial charge is 0.316 e. The van der Waals surface area contributed by atoms with Crippen LogP contribution in [0, 0.1) is 11.8 Å². The maximum Gasteiger partial charge on any atom is 0.441 e. The Morgan fingerprint density at radius 1 is 1.21 bits per heavy atom. The van der Waals surface area contributed by atoms with Gasteiger partial charge in [-0.2, -0.15) is 13.2 Å². The number of thioether (sulfide) groups is 1. The molecular weight excluding hydrogens is 211 g/mol. The highest BCUT2D eigenvalue weighted by molar-refractivity contribution is 8.00. The molecule has 0 bridgehead atoms. The number of halogens is 3. The minimum atomic E-state index is -4.09. The second-order valence-corrected chi connectivity index (χ2v) is 4.88. The van der Waals surface area contributed by atoms with Crippen LogP contribution in [0.1, 0.15) is 20.8 Å². The Morgan fingerprint density at radius 2 is 1.79 bits per heavy atom. The van der Waals surface area contributed by atoms with Crippen molar-refractivity contribution in [3.63, 3.8) is 0 Å². The van der Waals surface area contributed by atoms with Gasteiger partial charge in [0.05, 0.1) is 0 Å². The molecule has 1 N–H and O–H groups in total. The fraction of sp³-hybridized carbons (Fsp3) is 1.00. The lowest BCUT2D eigenvalue weighted by Crippen LogP contribution is -2.26. The number of hydrogen-bond acceptors (Lipinski definition) is 2. The van der Waals surface area contributed by atoms with Crippen LogP contribution in [0.5, 0.6) is 0 Å². The lowest BCUT2D eigenvalue weighted by Gasteiger charge is -2.16. The number of alkyl halides is 3. The minimum absolute atomic E-state index is 0.0311. The van der Waals surface area contributed by atoms with Gasteiger partial charge in [-0.15, -0.1) is 0 Å².